The lowest BCUT2D eigenvalue weighted by Crippen LogP contribution is -2.21. The molecule has 9 nitrogen and oxygen atoms in total. The zero-order chi connectivity index (χ0) is 17.9. The van der Waals surface area contributed by atoms with Crippen LogP contribution in [0.4, 0.5) is 10.7 Å². The molecular weight excluding hydrogens is 336 g/mol. The lowest BCUT2D eigenvalue weighted by atomic mass is 9.97. The molecular formula is C17H12N6O3. The highest BCUT2D eigenvalue weighted by Gasteiger charge is 2.30. The molecule has 0 unspecified atom stereocenters. The van der Waals surface area contributed by atoms with Crippen molar-refractivity contribution in [2.24, 2.45) is 0 Å². The Bertz CT molecular complexity index is 964. The first-order valence-electron chi connectivity index (χ1n) is 7.72. The number of hydrogen-bond acceptors (Lipinski definition) is 7. The van der Waals surface area contributed by atoms with E-state index in [1.165, 1.54) is 0 Å². The number of amides is 1. The van der Waals surface area contributed by atoms with Crippen LogP contribution in [0, 0.1) is 11.3 Å². The number of rotatable bonds is 3. The SMILES string of the molecule is N#CCn1nnc(NC(=O)OC2c3ccccc3Oc3ccccc32)n1. The summed E-state index contributed by atoms with van der Waals surface area (Å²) in [6, 6.07) is 16.6. The summed E-state index contributed by atoms with van der Waals surface area (Å²) in [7, 11) is 0. The van der Waals surface area contributed by atoms with Crippen molar-refractivity contribution in [1.82, 2.24) is 20.2 Å². The van der Waals surface area contributed by atoms with Gasteiger partial charge in [-0.3, -0.25) is 5.32 Å². The van der Waals surface area contributed by atoms with E-state index in [0.29, 0.717) is 11.5 Å². The molecule has 2 heterocycles. The largest absolute Gasteiger partial charge is 0.456 e. The van der Waals surface area contributed by atoms with Crippen LogP contribution in [-0.4, -0.2) is 26.3 Å². The third-order valence-electron chi connectivity index (χ3n) is 3.73. The third kappa shape index (κ3) is 2.91. The van der Waals surface area contributed by atoms with E-state index >= 15 is 0 Å². The minimum absolute atomic E-state index is 0.0427. The highest BCUT2D eigenvalue weighted by molar-refractivity contribution is 5.82. The number of nitrogens with zero attached hydrogens (tertiary/aromatic N) is 5. The molecule has 4 rings (SSSR count). The second-order valence-electron chi connectivity index (χ2n) is 5.39. The first-order chi connectivity index (χ1) is 12.7. The van der Waals surface area contributed by atoms with Crippen LogP contribution in [0.25, 0.3) is 0 Å². The number of carbonyl (C=O) groups excluding carboxylic acids is 1. The molecule has 9 heteroatoms. The van der Waals surface area contributed by atoms with Gasteiger partial charge in [0.2, 0.25) is 0 Å². The van der Waals surface area contributed by atoms with E-state index < -0.39 is 12.2 Å². The van der Waals surface area contributed by atoms with E-state index in [1.54, 1.807) is 0 Å². The molecule has 1 amide bonds. The molecule has 1 aromatic heterocycles. The summed E-state index contributed by atoms with van der Waals surface area (Å²) in [5, 5.41) is 22.2. The van der Waals surface area contributed by atoms with Gasteiger partial charge in [0.1, 0.15) is 18.0 Å². The number of nitriles is 1. The normalized spacial score (nSPS) is 12.3. The Morgan fingerprint density at radius 2 is 1.85 bits per heavy atom. The fourth-order valence-electron chi connectivity index (χ4n) is 2.64. The summed E-state index contributed by atoms with van der Waals surface area (Å²) < 4.78 is 11.5. The van der Waals surface area contributed by atoms with Crippen molar-refractivity contribution in [2.45, 2.75) is 12.6 Å². The molecule has 1 N–H and O–H groups in total. The zero-order valence-corrected chi connectivity index (χ0v) is 13.4. The van der Waals surface area contributed by atoms with Crippen LogP contribution in [0.3, 0.4) is 0 Å². The minimum atomic E-state index is -0.738. The van der Waals surface area contributed by atoms with E-state index in [2.05, 4.69) is 20.7 Å². The van der Waals surface area contributed by atoms with Gasteiger partial charge in [-0.2, -0.15) is 5.26 Å². The zero-order valence-electron chi connectivity index (χ0n) is 13.4. The topological polar surface area (TPSA) is 115 Å². The van der Waals surface area contributed by atoms with Gasteiger partial charge in [-0.15, -0.1) is 9.90 Å². The van der Waals surface area contributed by atoms with Gasteiger partial charge in [0.15, 0.2) is 6.10 Å². The maximum Gasteiger partial charge on any atom is 0.415 e. The summed E-state index contributed by atoms with van der Waals surface area (Å²) in [5.74, 6) is 1.21. The van der Waals surface area contributed by atoms with Gasteiger partial charge in [-0.05, 0) is 17.3 Å². The number of nitrogens with one attached hydrogen (secondary N) is 1. The molecule has 3 aromatic rings. The van der Waals surface area contributed by atoms with Gasteiger partial charge in [-0.25, -0.2) is 4.79 Å². The fourth-order valence-corrected chi connectivity index (χ4v) is 2.64. The van der Waals surface area contributed by atoms with Crippen LogP contribution >= 0.6 is 0 Å². The molecule has 26 heavy (non-hydrogen) atoms. The maximum atomic E-state index is 12.3. The molecule has 1 aliphatic rings. The van der Waals surface area contributed by atoms with Gasteiger partial charge in [0.25, 0.3) is 5.95 Å². The number of benzene rings is 2. The molecule has 0 saturated carbocycles. The van der Waals surface area contributed by atoms with Crippen molar-refractivity contribution in [2.75, 3.05) is 5.32 Å². The second kappa shape index (κ2) is 6.52. The summed E-state index contributed by atoms with van der Waals surface area (Å²) in [6.07, 6.45) is -1.37. The van der Waals surface area contributed by atoms with Gasteiger partial charge in [-0.1, -0.05) is 41.5 Å². The van der Waals surface area contributed by atoms with Crippen LogP contribution in [0.2, 0.25) is 0 Å². The fraction of sp³-hybridized carbons (Fsp3) is 0.118. The van der Waals surface area contributed by atoms with E-state index in [1.807, 2.05) is 54.6 Å². The van der Waals surface area contributed by atoms with Gasteiger partial charge in [0, 0.05) is 11.1 Å². The van der Waals surface area contributed by atoms with Crippen LogP contribution < -0.4 is 10.1 Å². The standard InChI is InChI=1S/C17H12N6O3/c18-9-10-23-21-16(20-22-23)19-17(24)26-15-11-5-1-3-7-13(11)25-14-8-4-2-6-12(14)15/h1-8,15H,10H2,(H,19,21,24). The van der Waals surface area contributed by atoms with E-state index in [4.69, 9.17) is 14.7 Å². The average molecular weight is 348 g/mol. The van der Waals surface area contributed by atoms with Crippen molar-refractivity contribution in [3.05, 3.63) is 59.7 Å². The molecule has 2 aromatic carbocycles. The van der Waals surface area contributed by atoms with Crippen molar-refractivity contribution in [3.8, 4) is 17.6 Å². The van der Waals surface area contributed by atoms with Crippen molar-refractivity contribution in [3.63, 3.8) is 0 Å². The Morgan fingerprint density at radius 1 is 1.19 bits per heavy atom. The summed E-state index contributed by atoms with van der Waals surface area (Å²) in [4.78, 5) is 13.4. The Hall–Kier alpha value is -3.93. The first-order valence-corrected chi connectivity index (χ1v) is 7.72. The summed E-state index contributed by atoms with van der Waals surface area (Å²) in [6.45, 7) is -0.0650. The van der Waals surface area contributed by atoms with Crippen LogP contribution in [0.15, 0.2) is 48.5 Å². The Morgan fingerprint density at radius 3 is 2.50 bits per heavy atom. The summed E-state index contributed by atoms with van der Waals surface area (Å²) in [5.41, 5.74) is 1.48. The van der Waals surface area contributed by atoms with Crippen LogP contribution in [0.1, 0.15) is 17.2 Å². The van der Waals surface area contributed by atoms with Crippen molar-refractivity contribution < 1.29 is 14.3 Å². The highest BCUT2D eigenvalue weighted by Crippen LogP contribution is 2.44. The predicted molar refractivity (Wildman–Crippen MR) is 88.3 cm³/mol. The predicted octanol–water partition coefficient (Wildman–Crippen LogP) is 2.64. The molecule has 0 bridgehead atoms. The average Bonchev–Trinajstić information content (AvgIpc) is 3.08. The Labute approximate surface area is 147 Å². The maximum absolute atomic E-state index is 12.3. The van der Waals surface area contributed by atoms with Gasteiger partial charge in [0.05, 0.1) is 6.07 Å². The molecule has 0 atom stereocenters. The number of carbonyl (C=O) groups is 1. The molecule has 0 fully saturated rings. The number of ether oxygens (including phenoxy) is 2. The van der Waals surface area contributed by atoms with Gasteiger partial charge < -0.3 is 9.47 Å². The molecule has 128 valence electrons. The number of tetrazole rings is 1. The van der Waals surface area contributed by atoms with Gasteiger partial charge >= 0.3 is 6.09 Å². The molecule has 0 aliphatic carbocycles. The molecule has 0 radical (unpaired) electrons. The van der Waals surface area contributed by atoms with E-state index in [0.717, 1.165) is 15.9 Å². The molecule has 0 spiro atoms. The smallest absolute Gasteiger partial charge is 0.415 e. The van der Waals surface area contributed by atoms with Crippen LogP contribution in [-0.2, 0) is 11.3 Å². The molecule has 1 aliphatic heterocycles. The van der Waals surface area contributed by atoms with E-state index in [9.17, 15) is 4.79 Å². The minimum Gasteiger partial charge on any atom is -0.456 e. The van der Waals surface area contributed by atoms with Crippen LogP contribution in [0.5, 0.6) is 11.5 Å². The third-order valence-corrected chi connectivity index (χ3v) is 3.73. The molecule has 0 saturated heterocycles. The Balaban J connectivity index is 1.57. The number of para-hydroxylation sites is 2. The van der Waals surface area contributed by atoms with E-state index in [-0.39, 0.29) is 12.5 Å². The monoisotopic (exact) mass is 348 g/mol. The quantitative estimate of drug-likeness (QED) is 0.773. The number of anilines is 1. The lowest BCUT2D eigenvalue weighted by molar-refractivity contribution is 0.125. The highest BCUT2D eigenvalue weighted by atomic mass is 16.6. The number of hydrogen-bond donors (Lipinski definition) is 1. The lowest BCUT2D eigenvalue weighted by Gasteiger charge is -2.27. The first kappa shape index (κ1) is 15.6. The van der Waals surface area contributed by atoms with Crippen molar-refractivity contribution in [1.29, 1.82) is 5.26 Å². The summed E-state index contributed by atoms with van der Waals surface area (Å²) >= 11 is 0. The second-order valence-corrected chi connectivity index (χ2v) is 5.39. The number of aromatic nitrogens is 4. The Kier molecular flexibility index (Phi) is 3.91. The van der Waals surface area contributed by atoms with Crippen molar-refractivity contribution >= 4 is 12.0 Å². The number of fused-ring (bicyclic) bond motifs is 2.